The summed E-state index contributed by atoms with van der Waals surface area (Å²) in [6.45, 7) is 5.40. The van der Waals surface area contributed by atoms with Crippen LogP contribution in [0.1, 0.15) is 51.5 Å². The Bertz CT molecular complexity index is 915. The van der Waals surface area contributed by atoms with Gasteiger partial charge in [0, 0.05) is 20.1 Å². The average molecular weight is 486 g/mol. The highest BCUT2D eigenvalue weighted by Crippen LogP contribution is 2.31. The number of urea groups is 1. The van der Waals surface area contributed by atoms with E-state index in [-0.39, 0.29) is 30.3 Å². The minimum absolute atomic E-state index is 0.0123. The van der Waals surface area contributed by atoms with E-state index in [0.717, 1.165) is 24.2 Å². The maximum atomic E-state index is 13.6. The molecular formula is C26H39N5O4. The third kappa shape index (κ3) is 5.39. The molecule has 9 heteroatoms. The Morgan fingerprint density at radius 1 is 1.11 bits per heavy atom. The first-order chi connectivity index (χ1) is 16.8. The van der Waals surface area contributed by atoms with Crippen LogP contribution in [0.3, 0.4) is 0 Å². The molecule has 4 rings (SSSR count). The molecule has 0 radical (unpaired) electrons. The first-order valence-electron chi connectivity index (χ1n) is 12.8. The molecule has 9 nitrogen and oxygen atoms in total. The molecule has 2 atom stereocenters. The molecule has 1 aliphatic carbocycles. The Balaban J connectivity index is 1.53. The number of carbonyl (C=O) groups excluding carboxylic acids is 3. The number of carbonyl (C=O) groups is 3. The van der Waals surface area contributed by atoms with Gasteiger partial charge in [0.25, 0.3) is 0 Å². The van der Waals surface area contributed by atoms with Gasteiger partial charge in [-0.1, -0.05) is 45.2 Å². The summed E-state index contributed by atoms with van der Waals surface area (Å²) in [5.74, 6) is 1.10. The van der Waals surface area contributed by atoms with Crippen molar-refractivity contribution in [1.82, 2.24) is 25.1 Å². The summed E-state index contributed by atoms with van der Waals surface area (Å²) >= 11 is 0. The molecule has 0 aromatic heterocycles. The summed E-state index contributed by atoms with van der Waals surface area (Å²) in [6, 6.07) is 6.70. The zero-order valence-electron chi connectivity index (χ0n) is 21.4. The number of fused-ring (bicyclic) bond motifs is 1. The highest BCUT2D eigenvalue weighted by Gasteiger charge is 2.51. The van der Waals surface area contributed by atoms with Crippen molar-refractivity contribution in [3.05, 3.63) is 29.8 Å². The summed E-state index contributed by atoms with van der Waals surface area (Å²) in [4.78, 5) is 43.7. The molecule has 35 heavy (non-hydrogen) atoms. The Morgan fingerprint density at radius 3 is 2.43 bits per heavy atom. The van der Waals surface area contributed by atoms with E-state index in [1.54, 1.807) is 29.1 Å². The van der Waals surface area contributed by atoms with Crippen molar-refractivity contribution in [2.24, 2.45) is 11.8 Å². The number of methoxy groups -OCH3 is 1. The van der Waals surface area contributed by atoms with E-state index in [0.29, 0.717) is 25.6 Å². The fourth-order valence-electron chi connectivity index (χ4n) is 5.71. The number of ether oxygens (including phenoxy) is 1. The van der Waals surface area contributed by atoms with Gasteiger partial charge >= 0.3 is 6.03 Å². The van der Waals surface area contributed by atoms with E-state index >= 15 is 0 Å². The number of nitrogens with zero attached hydrogens (tertiary/aromatic N) is 4. The van der Waals surface area contributed by atoms with Crippen LogP contribution >= 0.6 is 0 Å². The smallest absolute Gasteiger partial charge is 0.334 e. The fourth-order valence-corrected chi connectivity index (χ4v) is 5.71. The molecular weight excluding hydrogens is 446 g/mol. The van der Waals surface area contributed by atoms with Crippen molar-refractivity contribution in [3.8, 4) is 5.75 Å². The van der Waals surface area contributed by atoms with Gasteiger partial charge in [-0.2, -0.15) is 0 Å². The van der Waals surface area contributed by atoms with Crippen LogP contribution < -0.4 is 10.1 Å². The molecule has 1 aromatic carbocycles. The highest BCUT2D eigenvalue weighted by molar-refractivity contribution is 5.91. The lowest BCUT2D eigenvalue weighted by Crippen LogP contribution is -2.76. The van der Waals surface area contributed by atoms with Gasteiger partial charge in [-0.05, 0) is 42.4 Å². The van der Waals surface area contributed by atoms with Crippen molar-refractivity contribution in [1.29, 1.82) is 0 Å². The van der Waals surface area contributed by atoms with Crippen LogP contribution in [0, 0.1) is 11.8 Å². The maximum Gasteiger partial charge on any atom is 0.334 e. The summed E-state index contributed by atoms with van der Waals surface area (Å²) in [7, 11) is 3.38. The number of hydrogen-bond acceptors (Lipinski definition) is 5. The first kappa shape index (κ1) is 25.3. The summed E-state index contributed by atoms with van der Waals surface area (Å²) in [5.41, 5.74) is 0.949. The monoisotopic (exact) mass is 485 g/mol. The Labute approximate surface area is 208 Å². The van der Waals surface area contributed by atoms with E-state index in [1.165, 1.54) is 19.3 Å². The van der Waals surface area contributed by atoms with Crippen molar-refractivity contribution < 1.29 is 19.1 Å². The molecule has 3 aliphatic rings. The zero-order chi connectivity index (χ0) is 25.1. The average Bonchev–Trinajstić information content (AvgIpc) is 2.84. The van der Waals surface area contributed by atoms with Crippen LogP contribution in [-0.4, -0.2) is 83.7 Å². The minimum atomic E-state index is -0.560. The molecule has 2 heterocycles. The second-order valence-electron chi connectivity index (χ2n) is 10.4. The van der Waals surface area contributed by atoms with Gasteiger partial charge in [-0.25, -0.2) is 14.8 Å². The number of rotatable bonds is 6. The lowest BCUT2D eigenvalue weighted by molar-refractivity contribution is -0.190. The molecule has 2 saturated heterocycles. The van der Waals surface area contributed by atoms with E-state index < -0.39 is 12.2 Å². The van der Waals surface area contributed by atoms with Crippen molar-refractivity contribution in [2.75, 3.05) is 33.8 Å². The molecule has 1 N–H and O–H groups in total. The Hall–Kier alpha value is -2.81. The standard InChI is InChI=1S/C26H39N5O4/c1-18(2)24-25(33)29(15-20-8-6-5-7-9-20)16-22-30(24)23(32)17-28(3)31(22)26(34)27-14-19-10-12-21(35-4)13-11-19/h10-13,18,20,22,24H,5-9,14-17H2,1-4H3,(H,27,34)/t22-,24-/m0/s1. The number of hydrogen-bond donors (Lipinski definition) is 1. The SMILES string of the molecule is COc1ccc(CNC(=O)N2[C@H]3CN(CC4CCCCC4)C(=O)[C@H](C(C)C)N3C(=O)CN2C)cc1. The van der Waals surface area contributed by atoms with E-state index in [2.05, 4.69) is 5.32 Å². The largest absolute Gasteiger partial charge is 0.497 e. The van der Waals surface area contributed by atoms with Crippen LogP contribution in [0.4, 0.5) is 4.79 Å². The van der Waals surface area contributed by atoms with E-state index in [4.69, 9.17) is 4.74 Å². The van der Waals surface area contributed by atoms with Gasteiger partial charge < -0.3 is 19.9 Å². The zero-order valence-corrected chi connectivity index (χ0v) is 21.4. The second-order valence-corrected chi connectivity index (χ2v) is 10.4. The van der Waals surface area contributed by atoms with Crippen LogP contribution in [-0.2, 0) is 16.1 Å². The number of benzene rings is 1. The Kier molecular flexibility index (Phi) is 7.84. The molecule has 2 aliphatic heterocycles. The first-order valence-corrected chi connectivity index (χ1v) is 12.8. The molecule has 1 aromatic rings. The van der Waals surface area contributed by atoms with Crippen molar-refractivity contribution >= 4 is 17.8 Å². The number of hydrazine groups is 1. The molecule has 4 amide bonds. The summed E-state index contributed by atoms with van der Waals surface area (Å²) < 4.78 is 5.20. The summed E-state index contributed by atoms with van der Waals surface area (Å²) in [6.07, 6.45) is 5.42. The van der Waals surface area contributed by atoms with Crippen molar-refractivity contribution in [3.63, 3.8) is 0 Å². The summed E-state index contributed by atoms with van der Waals surface area (Å²) in [5, 5.41) is 6.30. The molecule has 1 saturated carbocycles. The molecule has 3 fully saturated rings. The van der Waals surface area contributed by atoms with Gasteiger partial charge in [0.1, 0.15) is 18.0 Å². The second kappa shape index (κ2) is 10.8. The number of likely N-dealkylation sites (N-methyl/N-ethyl adjacent to an activating group) is 1. The van der Waals surface area contributed by atoms with Gasteiger partial charge in [-0.3, -0.25) is 9.59 Å². The Morgan fingerprint density at radius 2 is 1.80 bits per heavy atom. The van der Waals surface area contributed by atoms with E-state index in [9.17, 15) is 14.4 Å². The predicted octanol–water partition coefficient (Wildman–Crippen LogP) is 2.67. The van der Waals surface area contributed by atoms with Crippen LogP contribution in [0.15, 0.2) is 24.3 Å². The van der Waals surface area contributed by atoms with Gasteiger partial charge in [0.15, 0.2) is 0 Å². The van der Waals surface area contributed by atoms with Crippen LogP contribution in [0.25, 0.3) is 0 Å². The normalized spacial score (nSPS) is 24.1. The fraction of sp³-hybridized carbons (Fsp3) is 0.654. The van der Waals surface area contributed by atoms with Crippen LogP contribution in [0.5, 0.6) is 5.75 Å². The minimum Gasteiger partial charge on any atom is -0.497 e. The lowest BCUT2D eigenvalue weighted by atomic mass is 9.88. The molecule has 192 valence electrons. The van der Waals surface area contributed by atoms with Gasteiger partial charge in [0.2, 0.25) is 11.8 Å². The molecule has 0 spiro atoms. The van der Waals surface area contributed by atoms with Gasteiger partial charge in [0.05, 0.1) is 20.2 Å². The lowest BCUT2D eigenvalue weighted by Gasteiger charge is -2.55. The topological polar surface area (TPSA) is 85.4 Å². The third-order valence-electron chi connectivity index (χ3n) is 7.52. The predicted molar refractivity (Wildman–Crippen MR) is 132 cm³/mol. The molecule has 0 bridgehead atoms. The number of amides is 4. The highest BCUT2D eigenvalue weighted by atomic mass is 16.5. The number of piperazine rings is 1. The third-order valence-corrected chi connectivity index (χ3v) is 7.52. The van der Waals surface area contributed by atoms with E-state index in [1.807, 2.05) is 43.0 Å². The van der Waals surface area contributed by atoms with Gasteiger partial charge in [-0.15, -0.1) is 0 Å². The number of nitrogens with one attached hydrogen (secondary N) is 1. The van der Waals surface area contributed by atoms with Crippen molar-refractivity contribution in [2.45, 2.75) is 64.7 Å². The molecule has 0 unspecified atom stereocenters. The maximum absolute atomic E-state index is 13.6. The quantitative estimate of drug-likeness (QED) is 0.670. The van der Waals surface area contributed by atoms with Crippen LogP contribution in [0.2, 0.25) is 0 Å².